The third-order valence-corrected chi connectivity index (χ3v) is 19.1. The predicted molar refractivity (Wildman–Crippen MR) is 110 cm³/mol. The first-order valence-corrected chi connectivity index (χ1v) is 17.8. The molecule has 1 aromatic carbocycles. The normalized spacial score (nSPS) is 12.1. The van der Waals surface area contributed by atoms with Crippen molar-refractivity contribution in [1.29, 1.82) is 0 Å². The zero-order valence-electron chi connectivity index (χ0n) is 16.2. The van der Waals surface area contributed by atoms with Gasteiger partial charge in [-0.2, -0.15) is 0 Å². The van der Waals surface area contributed by atoms with Gasteiger partial charge in [-0.25, -0.2) is 0 Å². The maximum atomic E-state index is 5.88. The second-order valence-electron chi connectivity index (χ2n) is 7.08. The molecule has 1 nitrogen and oxygen atoms in total. The fraction of sp³-hybridized carbons (Fsp3) is 0.636. The monoisotopic (exact) mass is 438 g/mol. The summed E-state index contributed by atoms with van der Waals surface area (Å²) >= 11 is -2.09. The molecular formula is C22H38OSn. The van der Waals surface area contributed by atoms with Gasteiger partial charge in [-0.3, -0.25) is 0 Å². The molecule has 0 amide bonds. The molecule has 1 aromatic rings. The molecule has 2 heteroatoms. The van der Waals surface area contributed by atoms with Crippen molar-refractivity contribution in [2.75, 3.05) is 6.61 Å². The first-order chi connectivity index (χ1) is 11.8. The molecule has 0 aliphatic carbocycles. The van der Waals surface area contributed by atoms with E-state index in [2.05, 4.69) is 61.3 Å². The number of ether oxygens (including phenoxy) is 1. The SMILES string of the molecule is CCC[CH2][Sn](/[CH]=C/COCc1ccccc1)([CH2]CCC)[CH2]CCC. The van der Waals surface area contributed by atoms with Crippen molar-refractivity contribution < 1.29 is 4.74 Å². The van der Waals surface area contributed by atoms with E-state index in [-0.39, 0.29) is 0 Å². The summed E-state index contributed by atoms with van der Waals surface area (Å²) in [5.41, 5.74) is 1.27. The summed E-state index contributed by atoms with van der Waals surface area (Å²) in [6, 6.07) is 10.5. The van der Waals surface area contributed by atoms with Crippen molar-refractivity contribution in [2.45, 2.75) is 79.2 Å². The van der Waals surface area contributed by atoms with Crippen LogP contribution in [0.1, 0.15) is 64.9 Å². The van der Waals surface area contributed by atoms with E-state index in [1.165, 1.54) is 44.1 Å². The van der Waals surface area contributed by atoms with E-state index in [0.29, 0.717) is 0 Å². The third-order valence-electron chi connectivity index (χ3n) is 4.88. The fourth-order valence-corrected chi connectivity index (χ4v) is 17.7. The molecule has 0 atom stereocenters. The van der Waals surface area contributed by atoms with E-state index in [4.69, 9.17) is 4.74 Å². The number of rotatable bonds is 14. The van der Waals surface area contributed by atoms with Crippen LogP contribution in [0.5, 0.6) is 0 Å². The first-order valence-electron chi connectivity index (χ1n) is 10.1. The average molecular weight is 437 g/mol. The number of hydrogen-bond acceptors (Lipinski definition) is 1. The predicted octanol–water partition coefficient (Wildman–Crippen LogP) is 7.15. The molecule has 136 valence electrons. The van der Waals surface area contributed by atoms with Gasteiger partial charge in [0.05, 0.1) is 0 Å². The van der Waals surface area contributed by atoms with E-state index in [9.17, 15) is 0 Å². The van der Waals surface area contributed by atoms with Gasteiger partial charge in [-0.1, -0.05) is 0 Å². The zero-order valence-corrected chi connectivity index (χ0v) is 19.1. The molecule has 24 heavy (non-hydrogen) atoms. The molecule has 0 saturated heterocycles. The Hall–Kier alpha value is -0.281. The summed E-state index contributed by atoms with van der Waals surface area (Å²) in [7, 11) is 0. The van der Waals surface area contributed by atoms with Crippen LogP contribution in [-0.4, -0.2) is 25.0 Å². The van der Waals surface area contributed by atoms with E-state index < -0.39 is 18.4 Å². The van der Waals surface area contributed by atoms with Gasteiger partial charge >= 0.3 is 155 Å². The Balaban J connectivity index is 2.55. The molecule has 0 spiro atoms. The van der Waals surface area contributed by atoms with E-state index in [1.54, 1.807) is 13.3 Å². The van der Waals surface area contributed by atoms with Gasteiger partial charge in [-0.15, -0.1) is 0 Å². The van der Waals surface area contributed by atoms with Crippen LogP contribution in [0.3, 0.4) is 0 Å². The molecule has 0 aliphatic heterocycles. The first kappa shape index (κ1) is 21.8. The summed E-state index contributed by atoms with van der Waals surface area (Å²) in [6.45, 7) is 8.51. The maximum absolute atomic E-state index is 5.88. The molecule has 1 rings (SSSR count). The van der Waals surface area contributed by atoms with Crippen molar-refractivity contribution in [3.05, 3.63) is 46.1 Å². The van der Waals surface area contributed by atoms with Gasteiger partial charge in [0, 0.05) is 0 Å². The van der Waals surface area contributed by atoms with Crippen LogP contribution in [0.15, 0.2) is 40.5 Å². The molecule has 0 unspecified atom stereocenters. The molecule has 0 aliphatic rings. The minimum absolute atomic E-state index is 0.729. The van der Waals surface area contributed by atoms with Crippen molar-refractivity contribution >= 4 is 18.4 Å². The summed E-state index contributed by atoms with van der Waals surface area (Å²) in [5, 5.41) is 0. The van der Waals surface area contributed by atoms with Gasteiger partial charge in [-0.05, 0) is 0 Å². The van der Waals surface area contributed by atoms with Gasteiger partial charge in [0.25, 0.3) is 0 Å². The molecule has 0 radical (unpaired) electrons. The molecule has 0 bridgehead atoms. The molecule has 0 fully saturated rings. The summed E-state index contributed by atoms with van der Waals surface area (Å²) in [6.07, 6.45) is 10.7. The van der Waals surface area contributed by atoms with Crippen LogP contribution >= 0.6 is 0 Å². The number of unbranched alkanes of at least 4 members (excludes halogenated alkanes) is 3. The summed E-state index contributed by atoms with van der Waals surface area (Å²) in [5.74, 6) is 0. The summed E-state index contributed by atoms with van der Waals surface area (Å²) in [4.78, 5) is 0. The van der Waals surface area contributed by atoms with Crippen LogP contribution in [0.2, 0.25) is 13.3 Å². The average Bonchev–Trinajstić information content (AvgIpc) is 2.63. The van der Waals surface area contributed by atoms with Crippen LogP contribution < -0.4 is 0 Å². The molecule has 0 saturated carbocycles. The number of benzene rings is 1. The van der Waals surface area contributed by atoms with Crippen molar-refractivity contribution in [1.82, 2.24) is 0 Å². The van der Waals surface area contributed by atoms with Crippen LogP contribution in [0.25, 0.3) is 0 Å². The van der Waals surface area contributed by atoms with E-state index >= 15 is 0 Å². The Kier molecular flexibility index (Phi) is 12.6. The van der Waals surface area contributed by atoms with Gasteiger partial charge < -0.3 is 0 Å². The summed E-state index contributed by atoms with van der Waals surface area (Å²) < 4.78 is 13.2. The Morgan fingerprint density at radius 1 is 0.833 bits per heavy atom. The second-order valence-corrected chi connectivity index (χ2v) is 20.1. The van der Waals surface area contributed by atoms with Crippen molar-refractivity contribution in [3.63, 3.8) is 0 Å². The van der Waals surface area contributed by atoms with Gasteiger partial charge in [0.2, 0.25) is 0 Å². The van der Waals surface area contributed by atoms with Crippen molar-refractivity contribution in [2.24, 2.45) is 0 Å². The molecule has 0 N–H and O–H groups in total. The fourth-order valence-electron chi connectivity index (χ4n) is 3.33. The van der Waals surface area contributed by atoms with Gasteiger partial charge in [0.15, 0.2) is 0 Å². The van der Waals surface area contributed by atoms with Crippen LogP contribution in [0.4, 0.5) is 0 Å². The Morgan fingerprint density at radius 3 is 1.88 bits per heavy atom. The van der Waals surface area contributed by atoms with E-state index in [0.717, 1.165) is 13.2 Å². The standard InChI is InChI=1S/C10H11O.3C4H9.Sn/c1-2-8-11-9-10-6-4-3-5-7-10;3*1-3-4-2;/h1-7H,8-9H2;3*1,3-4H2,2H3;. The quantitative estimate of drug-likeness (QED) is 0.222. The van der Waals surface area contributed by atoms with Crippen LogP contribution in [0, 0.1) is 0 Å². The Labute approximate surface area is 154 Å². The van der Waals surface area contributed by atoms with Gasteiger partial charge in [0.1, 0.15) is 0 Å². The second kappa shape index (κ2) is 13.9. The number of hydrogen-bond donors (Lipinski definition) is 0. The zero-order chi connectivity index (χ0) is 17.5. The molecular weight excluding hydrogens is 399 g/mol. The topological polar surface area (TPSA) is 9.23 Å². The Bertz CT molecular complexity index is 405. The van der Waals surface area contributed by atoms with E-state index in [1.807, 2.05) is 0 Å². The van der Waals surface area contributed by atoms with Crippen LogP contribution in [-0.2, 0) is 11.3 Å². The van der Waals surface area contributed by atoms with Crippen molar-refractivity contribution in [3.8, 4) is 0 Å². The minimum atomic E-state index is -2.09. The third kappa shape index (κ3) is 9.27. The molecule has 0 aromatic heterocycles. The Morgan fingerprint density at radius 2 is 1.38 bits per heavy atom. The molecule has 0 heterocycles.